The van der Waals surface area contributed by atoms with Crippen LogP contribution in [-0.4, -0.2) is 28.6 Å². The number of halogens is 1. The van der Waals surface area contributed by atoms with Crippen LogP contribution in [0.2, 0.25) is 0 Å². The lowest BCUT2D eigenvalue weighted by molar-refractivity contribution is -0.119. The molecule has 3 amide bonds. The van der Waals surface area contributed by atoms with Gasteiger partial charge in [-0.1, -0.05) is 59.8 Å². The van der Waals surface area contributed by atoms with Gasteiger partial charge in [0.2, 0.25) is 5.91 Å². The molecular weight excluding hydrogens is 467 g/mol. The second-order valence-electron chi connectivity index (χ2n) is 7.61. The number of anilines is 1. The van der Waals surface area contributed by atoms with Crippen LogP contribution in [-0.2, 0) is 9.59 Å². The summed E-state index contributed by atoms with van der Waals surface area (Å²) in [7, 11) is 0. The predicted molar refractivity (Wildman–Crippen MR) is 135 cm³/mol. The normalized spacial score (nSPS) is 14.1. The predicted octanol–water partition coefficient (Wildman–Crippen LogP) is 4.07. The van der Waals surface area contributed by atoms with Crippen LogP contribution >= 0.6 is 11.8 Å². The van der Waals surface area contributed by atoms with E-state index in [1.54, 1.807) is 30.3 Å². The monoisotopic (exact) mass is 488 g/mol. The van der Waals surface area contributed by atoms with E-state index in [-0.39, 0.29) is 16.6 Å². The average molecular weight is 489 g/mol. The van der Waals surface area contributed by atoms with Crippen LogP contribution < -0.4 is 15.8 Å². The molecule has 176 valence electrons. The van der Waals surface area contributed by atoms with Crippen molar-refractivity contribution in [2.75, 3.05) is 10.7 Å². The number of rotatable bonds is 5. The molecule has 0 aliphatic carbocycles. The molecule has 0 saturated heterocycles. The number of aliphatic imine (C=N–C) groups is 1. The Morgan fingerprint density at radius 1 is 0.971 bits per heavy atom. The fourth-order valence-corrected chi connectivity index (χ4v) is 4.00. The molecule has 0 unspecified atom stereocenters. The lowest BCUT2D eigenvalue weighted by atomic mass is 10.1. The highest BCUT2D eigenvalue weighted by atomic mass is 32.2. The van der Waals surface area contributed by atoms with Gasteiger partial charge in [-0.25, -0.2) is 9.38 Å². The summed E-state index contributed by atoms with van der Waals surface area (Å²) in [5.74, 6) is -1.87. The number of thioether (sulfide) groups is 1. The van der Waals surface area contributed by atoms with Gasteiger partial charge < -0.3 is 0 Å². The van der Waals surface area contributed by atoms with Crippen molar-refractivity contribution in [2.24, 2.45) is 4.99 Å². The molecule has 7 nitrogen and oxygen atoms in total. The summed E-state index contributed by atoms with van der Waals surface area (Å²) in [6.07, 6.45) is 1.65. The van der Waals surface area contributed by atoms with E-state index < -0.39 is 23.5 Å². The number of amidine groups is 1. The van der Waals surface area contributed by atoms with E-state index in [1.165, 1.54) is 29.2 Å². The molecule has 0 fully saturated rings. The first kappa shape index (κ1) is 23.9. The van der Waals surface area contributed by atoms with E-state index in [0.717, 1.165) is 22.9 Å². The molecule has 9 heteroatoms. The molecule has 3 aromatic rings. The van der Waals surface area contributed by atoms with Gasteiger partial charge in [-0.2, -0.15) is 0 Å². The largest absolute Gasteiger partial charge is 0.283 e. The lowest BCUT2D eigenvalue weighted by Gasteiger charge is -2.17. The minimum Gasteiger partial charge on any atom is -0.272 e. The van der Waals surface area contributed by atoms with E-state index in [4.69, 9.17) is 0 Å². The van der Waals surface area contributed by atoms with Gasteiger partial charge in [-0.05, 0) is 55.0 Å². The molecule has 2 N–H and O–H groups in total. The Morgan fingerprint density at radius 3 is 2.34 bits per heavy atom. The van der Waals surface area contributed by atoms with Crippen molar-refractivity contribution in [2.45, 2.75) is 6.92 Å². The lowest BCUT2D eigenvalue weighted by Crippen LogP contribution is -2.43. The summed E-state index contributed by atoms with van der Waals surface area (Å²) in [6, 6.07) is 21.6. The van der Waals surface area contributed by atoms with Crippen molar-refractivity contribution in [3.8, 4) is 0 Å². The zero-order valence-corrected chi connectivity index (χ0v) is 19.5. The van der Waals surface area contributed by atoms with Crippen LogP contribution in [0.4, 0.5) is 10.1 Å². The topological polar surface area (TPSA) is 90.9 Å². The Bertz CT molecular complexity index is 1310. The van der Waals surface area contributed by atoms with Crippen molar-refractivity contribution >= 4 is 46.4 Å². The highest BCUT2D eigenvalue weighted by molar-refractivity contribution is 8.14. The second kappa shape index (κ2) is 10.8. The molecule has 0 bridgehead atoms. The Morgan fingerprint density at radius 2 is 1.66 bits per heavy atom. The van der Waals surface area contributed by atoms with Crippen LogP contribution in [0.25, 0.3) is 6.08 Å². The van der Waals surface area contributed by atoms with E-state index in [2.05, 4.69) is 15.8 Å². The molecule has 0 atom stereocenters. The highest BCUT2D eigenvalue weighted by Crippen LogP contribution is 2.29. The van der Waals surface area contributed by atoms with E-state index in [9.17, 15) is 18.8 Å². The number of hydrogen-bond acceptors (Lipinski definition) is 5. The number of hydrazine groups is 1. The fraction of sp³-hybridized carbons (Fsp3) is 0.0769. The maximum Gasteiger partial charge on any atom is 0.283 e. The third-order valence-electron chi connectivity index (χ3n) is 4.98. The Hall–Kier alpha value is -4.24. The smallest absolute Gasteiger partial charge is 0.272 e. The van der Waals surface area contributed by atoms with Crippen LogP contribution in [0.15, 0.2) is 89.6 Å². The van der Waals surface area contributed by atoms with Crippen molar-refractivity contribution in [3.63, 3.8) is 0 Å². The van der Waals surface area contributed by atoms with Gasteiger partial charge in [0.25, 0.3) is 11.8 Å². The Kier molecular flexibility index (Phi) is 7.37. The third-order valence-corrected chi connectivity index (χ3v) is 5.92. The first-order chi connectivity index (χ1) is 16.9. The van der Waals surface area contributed by atoms with Gasteiger partial charge in [0.05, 0.1) is 11.4 Å². The maximum absolute atomic E-state index is 13.4. The summed E-state index contributed by atoms with van der Waals surface area (Å²) >= 11 is 1.02. The van der Waals surface area contributed by atoms with Crippen molar-refractivity contribution in [1.29, 1.82) is 0 Å². The van der Waals surface area contributed by atoms with E-state index >= 15 is 0 Å². The SMILES string of the molecule is Cc1ccc(C(=O)NNC(=O)CSC2=N/C(=C\c3ccccc3)C(=O)N2c2ccc(F)cc2)cc1. The summed E-state index contributed by atoms with van der Waals surface area (Å²) in [5, 5.41) is 0.267. The standard InChI is InChI=1S/C26H21FN4O3S/c1-17-7-9-19(10-8-17)24(33)30-29-23(32)16-35-26-28-22(15-18-5-3-2-4-6-18)25(34)31(26)21-13-11-20(27)12-14-21/h2-15H,16H2,1H3,(H,29,32)(H,30,33)/b22-15-. The number of amides is 3. The molecule has 0 spiro atoms. The van der Waals surface area contributed by atoms with Crippen LogP contribution in [0.1, 0.15) is 21.5 Å². The Labute approximate surface area is 205 Å². The van der Waals surface area contributed by atoms with Gasteiger partial charge in [0, 0.05) is 5.56 Å². The first-order valence-corrected chi connectivity index (χ1v) is 11.6. The summed E-state index contributed by atoms with van der Waals surface area (Å²) < 4.78 is 13.4. The quantitative estimate of drug-likeness (QED) is 0.418. The number of carbonyl (C=O) groups excluding carboxylic acids is 3. The fourth-order valence-electron chi connectivity index (χ4n) is 3.19. The van der Waals surface area contributed by atoms with Crippen LogP contribution in [0.5, 0.6) is 0 Å². The highest BCUT2D eigenvalue weighted by Gasteiger charge is 2.32. The molecule has 0 aromatic heterocycles. The van der Waals surface area contributed by atoms with Crippen molar-refractivity contribution in [3.05, 3.63) is 107 Å². The number of hydrogen-bond donors (Lipinski definition) is 2. The number of benzene rings is 3. The maximum atomic E-state index is 13.4. The first-order valence-electron chi connectivity index (χ1n) is 10.6. The van der Waals surface area contributed by atoms with Crippen LogP contribution in [0, 0.1) is 12.7 Å². The van der Waals surface area contributed by atoms with Gasteiger partial charge in [-0.3, -0.25) is 30.1 Å². The molecule has 3 aromatic carbocycles. The number of aryl methyl sites for hydroxylation is 1. The second-order valence-corrected chi connectivity index (χ2v) is 8.55. The average Bonchev–Trinajstić information content (AvgIpc) is 3.17. The zero-order chi connectivity index (χ0) is 24.8. The van der Waals surface area contributed by atoms with Crippen molar-refractivity contribution < 1.29 is 18.8 Å². The van der Waals surface area contributed by atoms with Crippen LogP contribution in [0.3, 0.4) is 0 Å². The molecule has 0 radical (unpaired) electrons. The molecular formula is C26H21FN4O3S. The number of carbonyl (C=O) groups is 3. The number of nitrogens with zero attached hydrogens (tertiary/aromatic N) is 2. The minimum absolute atomic E-state index is 0.114. The summed E-state index contributed by atoms with van der Waals surface area (Å²) in [6.45, 7) is 1.91. The Balaban J connectivity index is 1.46. The van der Waals surface area contributed by atoms with Gasteiger partial charge in [-0.15, -0.1) is 0 Å². The molecule has 35 heavy (non-hydrogen) atoms. The molecule has 1 aliphatic rings. The molecule has 0 saturated carbocycles. The molecule has 1 heterocycles. The van der Waals surface area contributed by atoms with Gasteiger partial charge in [0.1, 0.15) is 11.5 Å². The number of nitrogens with one attached hydrogen (secondary N) is 2. The summed E-state index contributed by atoms with van der Waals surface area (Å²) in [5.41, 5.74) is 7.56. The van der Waals surface area contributed by atoms with E-state index in [0.29, 0.717) is 11.3 Å². The van der Waals surface area contributed by atoms with Gasteiger partial charge in [0.15, 0.2) is 5.17 Å². The third kappa shape index (κ3) is 6.01. The minimum atomic E-state index is -0.481. The van der Waals surface area contributed by atoms with Crippen molar-refractivity contribution in [1.82, 2.24) is 10.9 Å². The van der Waals surface area contributed by atoms with Gasteiger partial charge >= 0.3 is 0 Å². The van der Waals surface area contributed by atoms with E-state index in [1.807, 2.05) is 37.3 Å². The summed E-state index contributed by atoms with van der Waals surface area (Å²) in [4.78, 5) is 43.4. The molecule has 4 rings (SSSR count). The zero-order valence-electron chi connectivity index (χ0n) is 18.7. The molecule has 1 aliphatic heterocycles.